The van der Waals surface area contributed by atoms with Crippen LogP contribution < -0.4 is 5.32 Å². The summed E-state index contributed by atoms with van der Waals surface area (Å²) in [6, 6.07) is 3.28. The molecule has 26 heavy (non-hydrogen) atoms. The lowest BCUT2D eigenvalue weighted by Crippen LogP contribution is -2.47. The summed E-state index contributed by atoms with van der Waals surface area (Å²) in [5.41, 5.74) is 1.06. The van der Waals surface area contributed by atoms with Crippen LogP contribution in [0, 0.1) is 12.8 Å². The Morgan fingerprint density at radius 1 is 1.35 bits per heavy atom. The smallest absolute Gasteiger partial charge is 0.271 e. The molecular formula is C18H24N6O2. The van der Waals surface area contributed by atoms with Crippen LogP contribution in [0.25, 0.3) is 0 Å². The first-order chi connectivity index (χ1) is 12.5. The van der Waals surface area contributed by atoms with Crippen LogP contribution in [0.3, 0.4) is 0 Å². The second kappa shape index (κ2) is 7.63. The van der Waals surface area contributed by atoms with Gasteiger partial charge >= 0.3 is 0 Å². The van der Waals surface area contributed by atoms with Crippen molar-refractivity contribution in [1.82, 2.24) is 30.0 Å². The van der Waals surface area contributed by atoms with E-state index in [1.165, 1.54) is 0 Å². The molecule has 1 aliphatic heterocycles. The van der Waals surface area contributed by atoms with Crippen LogP contribution in [0.1, 0.15) is 47.8 Å². The van der Waals surface area contributed by atoms with Gasteiger partial charge in [-0.05, 0) is 32.4 Å². The summed E-state index contributed by atoms with van der Waals surface area (Å²) < 4.78 is 1.94. The van der Waals surface area contributed by atoms with Crippen LogP contribution in [-0.4, -0.2) is 49.6 Å². The number of carbonyl (C=O) groups excluding carboxylic acids is 2. The molecule has 1 fully saturated rings. The van der Waals surface area contributed by atoms with Crippen molar-refractivity contribution in [2.75, 3.05) is 13.1 Å². The van der Waals surface area contributed by atoms with Gasteiger partial charge in [0.05, 0.1) is 11.7 Å². The molecule has 2 aromatic heterocycles. The van der Waals surface area contributed by atoms with Crippen LogP contribution in [-0.2, 0) is 11.8 Å². The highest BCUT2D eigenvalue weighted by atomic mass is 16.2. The first kappa shape index (κ1) is 18.0. The van der Waals surface area contributed by atoms with E-state index < -0.39 is 0 Å². The van der Waals surface area contributed by atoms with Gasteiger partial charge in [-0.15, -0.1) is 5.10 Å². The van der Waals surface area contributed by atoms with E-state index in [-0.39, 0.29) is 23.8 Å². The third-order valence-corrected chi connectivity index (χ3v) is 4.85. The molecule has 0 spiro atoms. The van der Waals surface area contributed by atoms with Gasteiger partial charge in [0, 0.05) is 44.9 Å². The van der Waals surface area contributed by atoms with Crippen molar-refractivity contribution in [3.63, 3.8) is 0 Å². The zero-order valence-electron chi connectivity index (χ0n) is 15.3. The van der Waals surface area contributed by atoms with Crippen LogP contribution in [0.5, 0.6) is 0 Å². The highest BCUT2D eigenvalue weighted by Gasteiger charge is 2.38. The van der Waals surface area contributed by atoms with Gasteiger partial charge in [-0.3, -0.25) is 9.59 Å². The van der Waals surface area contributed by atoms with Gasteiger partial charge in [0.25, 0.3) is 5.91 Å². The second-order valence-corrected chi connectivity index (χ2v) is 6.59. The van der Waals surface area contributed by atoms with E-state index in [2.05, 4.69) is 20.5 Å². The van der Waals surface area contributed by atoms with E-state index in [0.717, 1.165) is 11.5 Å². The predicted octanol–water partition coefficient (Wildman–Crippen LogP) is 1.25. The third kappa shape index (κ3) is 3.58. The molecule has 1 saturated heterocycles. The van der Waals surface area contributed by atoms with E-state index in [1.54, 1.807) is 18.3 Å². The minimum atomic E-state index is -0.254. The Labute approximate surface area is 152 Å². The molecule has 0 unspecified atom stereocenters. The van der Waals surface area contributed by atoms with Crippen molar-refractivity contribution in [1.29, 1.82) is 0 Å². The lowest BCUT2D eigenvalue weighted by atomic mass is 9.87. The summed E-state index contributed by atoms with van der Waals surface area (Å²) in [4.78, 5) is 31.0. The number of likely N-dealkylation sites (tertiary alicyclic amines) is 1. The number of aryl methyl sites for hydroxylation is 2. The monoisotopic (exact) mass is 356 g/mol. The molecule has 0 radical (unpaired) electrons. The fourth-order valence-electron chi connectivity index (χ4n) is 3.45. The number of rotatable bonds is 5. The Morgan fingerprint density at radius 2 is 2.15 bits per heavy atom. The average Bonchev–Trinajstić information content (AvgIpc) is 3.06. The molecule has 8 heteroatoms. The van der Waals surface area contributed by atoms with E-state index in [1.807, 2.05) is 36.6 Å². The maximum absolute atomic E-state index is 12.4. The molecule has 8 nitrogen and oxygen atoms in total. The molecule has 0 saturated carbocycles. The fraction of sp³-hybridized carbons (Fsp3) is 0.500. The summed E-state index contributed by atoms with van der Waals surface area (Å²) in [5.74, 6) is 0.814. The number of imidazole rings is 1. The first-order valence-corrected chi connectivity index (χ1v) is 8.86. The average molecular weight is 356 g/mol. The number of piperidine rings is 1. The Morgan fingerprint density at radius 3 is 2.77 bits per heavy atom. The number of hydrogen-bond donors (Lipinski definition) is 1. The van der Waals surface area contributed by atoms with Crippen molar-refractivity contribution in [3.05, 3.63) is 41.7 Å². The van der Waals surface area contributed by atoms with Gasteiger partial charge in [-0.1, -0.05) is 0 Å². The standard InChI is InChI=1S/C18H24N6O2/c1-4-24-15(25)8-6-13(16(24)17-19-9-10-23(17)3)11-20-18(26)14-7-5-12(2)21-22-14/h5,7,9-10,13,16H,4,6,8,11H2,1-3H3,(H,20,26)/t13-,16+/m1/s1. The first-order valence-electron chi connectivity index (χ1n) is 8.86. The highest BCUT2D eigenvalue weighted by Crippen LogP contribution is 2.35. The minimum Gasteiger partial charge on any atom is -0.350 e. The van der Waals surface area contributed by atoms with Crippen molar-refractivity contribution in [2.24, 2.45) is 13.0 Å². The molecule has 2 atom stereocenters. The van der Waals surface area contributed by atoms with Crippen LogP contribution in [0.2, 0.25) is 0 Å². The Hall–Kier alpha value is -2.77. The van der Waals surface area contributed by atoms with Crippen molar-refractivity contribution in [2.45, 2.75) is 32.7 Å². The molecule has 2 aromatic rings. The van der Waals surface area contributed by atoms with E-state index in [9.17, 15) is 9.59 Å². The predicted molar refractivity (Wildman–Crippen MR) is 95.2 cm³/mol. The molecule has 3 rings (SSSR count). The quantitative estimate of drug-likeness (QED) is 0.870. The zero-order chi connectivity index (χ0) is 18.7. The van der Waals surface area contributed by atoms with E-state index >= 15 is 0 Å². The van der Waals surface area contributed by atoms with Gasteiger partial charge in [-0.2, -0.15) is 5.10 Å². The lowest BCUT2D eigenvalue weighted by molar-refractivity contribution is -0.139. The topological polar surface area (TPSA) is 93.0 Å². The molecular weight excluding hydrogens is 332 g/mol. The molecule has 0 aromatic carbocycles. The fourth-order valence-corrected chi connectivity index (χ4v) is 3.45. The molecule has 2 amide bonds. The normalized spacial score (nSPS) is 20.3. The minimum absolute atomic E-state index is 0.0936. The van der Waals surface area contributed by atoms with Gasteiger partial charge in [-0.25, -0.2) is 4.98 Å². The Kier molecular flexibility index (Phi) is 5.29. The molecule has 0 bridgehead atoms. The van der Waals surface area contributed by atoms with Gasteiger partial charge in [0.15, 0.2) is 5.69 Å². The highest BCUT2D eigenvalue weighted by molar-refractivity contribution is 5.92. The molecule has 1 aliphatic rings. The number of aromatic nitrogens is 4. The Bertz CT molecular complexity index is 785. The molecule has 138 valence electrons. The molecule has 0 aliphatic carbocycles. The van der Waals surface area contributed by atoms with Crippen molar-refractivity contribution >= 4 is 11.8 Å². The van der Waals surface area contributed by atoms with Crippen LogP contribution >= 0.6 is 0 Å². The largest absolute Gasteiger partial charge is 0.350 e. The lowest BCUT2D eigenvalue weighted by Gasteiger charge is -2.40. The van der Waals surface area contributed by atoms with Crippen molar-refractivity contribution < 1.29 is 9.59 Å². The molecule has 3 heterocycles. The van der Waals surface area contributed by atoms with Crippen molar-refractivity contribution in [3.8, 4) is 0 Å². The van der Waals surface area contributed by atoms with E-state index in [4.69, 9.17) is 0 Å². The SMILES string of the molecule is CCN1C(=O)CC[C@H](CNC(=O)c2ccc(C)nn2)[C@H]1c1nccn1C. The van der Waals surface area contributed by atoms with Gasteiger partial charge in [0.1, 0.15) is 5.82 Å². The van der Waals surface area contributed by atoms with Crippen LogP contribution in [0.4, 0.5) is 0 Å². The number of nitrogens with zero attached hydrogens (tertiary/aromatic N) is 5. The van der Waals surface area contributed by atoms with Gasteiger partial charge in [0.2, 0.25) is 5.91 Å². The number of amides is 2. The Balaban J connectivity index is 1.76. The summed E-state index contributed by atoms with van der Waals surface area (Å²) in [7, 11) is 1.92. The summed E-state index contributed by atoms with van der Waals surface area (Å²) >= 11 is 0. The number of carbonyl (C=O) groups is 2. The number of hydrogen-bond acceptors (Lipinski definition) is 5. The van der Waals surface area contributed by atoms with Crippen LogP contribution in [0.15, 0.2) is 24.5 Å². The maximum Gasteiger partial charge on any atom is 0.271 e. The summed E-state index contributed by atoms with van der Waals surface area (Å²) in [6.45, 7) is 4.86. The van der Waals surface area contributed by atoms with E-state index in [0.29, 0.717) is 31.6 Å². The zero-order valence-corrected chi connectivity index (χ0v) is 15.3. The summed E-state index contributed by atoms with van der Waals surface area (Å²) in [5, 5.41) is 10.8. The number of nitrogens with one attached hydrogen (secondary N) is 1. The van der Waals surface area contributed by atoms with Gasteiger partial charge < -0.3 is 14.8 Å². The summed E-state index contributed by atoms with van der Waals surface area (Å²) in [6.07, 6.45) is 4.81. The maximum atomic E-state index is 12.4. The third-order valence-electron chi connectivity index (χ3n) is 4.85. The molecule has 1 N–H and O–H groups in total. The second-order valence-electron chi connectivity index (χ2n) is 6.59.